The number of hydrogen-bond acceptors (Lipinski definition) is 4. The van der Waals surface area contributed by atoms with Crippen molar-refractivity contribution in [1.29, 1.82) is 0 Å². The van der Waals surface area contributed by atoms with E-state index in [0.29, 0.717) is 5.13 Å². The molecule has 0 unspecified atom stereocenters. The summed E-state index contributed by atoms with van der Waals surface area (Å²) in [7, 11) is 3.26. The van der Waals surface area contributed by atoms with Gasteiger partial charge in [-0.2, -0.15) is 0 Å². The van der Waals surface area contributed by atoms with Crippen molar-refractivity contribution in [2.45, 2.75) is 26.2 Å². The van der Waals surface area contributed by atoms with Crippen molar-refractivity contribution >= 4 is 52.1 Å². The molecule has 0 saturated heterocycles. The van der Waals surface area contributed by atoms with E-state index in [2.05, 4.69) is 36.3 Å². The summed E-state index contributed by atoms with van der Waals surface area (Å²) in [6.45, 7) is 6.20. The van der Waals surface area contributed by atoms with E-state index < -0.39 is 0 Å². The second-order valence-corrected chi connectivity index (χ2v) is 5.21. The van der Waals surface area contributed by atoms with E-state index in [4.69, 9.17) is 0 Å². The Labute approximate surface area is 122 Å². The van der Waals surface area contributed by atoms with Crippen molar-refractivity contribution in [1.82, 2.24) is 15.5 Å². The summed E-state index contributed by atoms with van der Waals surface area (Å²) >= 11 is 1.43. The van der Waals surface area contributed by atoms with Gasteiger partial charge in [0.2, 0.25) is 5.13 Å². The summed E-state index contributed by atoms with van der Waals surface area (Å²) in [5, 5.41) is 12.1. The molecule has 0 fully saturated rings. The van der Waals surface area contributed by atoms with Crippen LogP contribution in [0.2, 0.25) is 0 Å². The summed E-state index contributed by atoms with van der Waals surface area (Å²) in [6.07, 6.45) is 0. The predicted octanol–water partition coefficient (Wildman–Crippen LogP) is 0.963. The number of rotatable bonds is 1. The number of nitrogens with zero attached hydrogens (tertiary/aromatic N) is 3. The standard InChI is InChI=1S/C9H16N4OS.Na.H/c1-9(2,3)6-11-12-8(15-6)13(5)7(14)10-4;;/h1-5H3,(H,10,14);;. The van der Waals surface area contributed by atoms with E-state index in [-0.39, 0.29) is 41.0 Å². The SMILES string of the molecule is CNC(=O)N(C)c1nnc(C(C)(C)C)s1.[NaH]. The molecule has 0 aliphatic carbocycles. The number of nitrogens with one attached hydrogen (secondary N) is 1. The summed E-state index contributed by atoms with van der Waals surface area (Å²) < 4.78 is 0. The zero-order chi connectivity index (χ0) is 11.6. The van der Waals surface area contributed by atoms with Crippen molar-refractivity contribution < 1.29 is 4.79 Å². The van der Waals surface area contributed by atoms with Crippen LogP contribution in [0.15, 0.2) is 0 Å². The maximum absolute atomic E-state index is 11.3. The molecule has 0 bridgehead atoms. The number of carbonyl (C=O) groups excluding carboxylic acids is 1. The van der Waals surface area contributed by atoms with Gasteiger partial charge in [0.25, 0.3) is 0 Å². The van der Waals surface area contributed by atoms with Gasteiger partial charge in [-0.05, 0) is 0 Å². The molecule has 0 aliphatic heterocycles. The van der Waals surface area contributed by atoms with E-state index >= 15 is 0 Å². The molecular formula is C9H17N4NaOS. The van der Waals surface area contributed by atoms with Crippen molar-refractivity contribution in [3.05, 3.63) is 5.01 Å². The van der Waals surface area contributed by atoms with Crippen LogP contribution in [0.5, 0.6) is 0 Å². The molecule has 0 radical (unpaired) electrons. The zero-order valence-electron chi connectivity index (χ0n) is 9.66. The van der Waals surface area contributed by atoms with Crippen molar-refractivity contribution in [2.75, 3.05) is 19.0 Å². The molecule has 1 aromatic rings. The molecule has 0 atom stereocenters. The number of aromatic nitrogens is 2. The number of amides is 2. The summed E-state index contributed by atoms with van der Waals surface area (Å²) in [6, 6.07) is -0.188. The van der Waals surface area contributed by atoms with Gasteiger partial charge in [0.05, 0.1) is 0 Å². The summed E-state index contributed by atoms with van der Waals surface area (Å²) in [5.74, 6) is 0. The fraction of sp³-hybridized carbons (Fsp3) is 0.667. The van der Waals surface area contributed by atoms with Gasteiger partial charge < -0.3 is 5.32 Å². The topological polar surface area (TPSA) is 58.1 Å². The number of anilines is 1. The minimum absolute atomic E-state index is 0. The minimum atomic E-state index is -0.188. The van der Waals surface area contributed by atoms with Crippen LogP contribution in [0.3, 0.4) is 0 Å². The third kappa shape index (κ3) is 3.69. The second-order valence-electron chi connectivity index (χ2n) is 4.25. The van der Waals surface area contributed by atoms with Crippen LogP contribution in [0, 0.1) is 0 Å². The van der Waals surface area contributed by atoms with E-state index in [1.807, 2.05) is 0 Å². The van der Waals surface area contributed by atoms with Crippen molar-refractivity contribution in [3.63, 3.8) is 0 Å². The van der Waals surface area contributed by atoms with Gasteiger partial charge in [0.1, 0.15) is 5.01 Å². The van der Waals surface area contributed by atoms with E-state index in [1.54, 1.807) is 14.1 Å². The van der Waals surface area contributed by atoms with Gasteiger partial charge in [-0.1, -0.05) is 32.1 Å². The zero-order valence-corrected chi connectivity index (χ0v) is 10.5. The Kier molecular flexibility index (Phi) is 5.89. The Hall–Kier alpha value is -0.170. The summed E-state index contributed by atoms with van der Waals surface area (Å²) in [4.78, 5) is 12.8. The molecule has 0 spiro atoms. The Bertz CT molecular complexity index is 361. The van der Waals surface area contributed by atoms with Gasteiger partial charge in [0.15, 0.2) is 0 Å². The van der Waals surface area contributed by atoms with Crippen LogP contribution in [0.1, 0.15) is 25.8 Å². The van der Waals surface area contributed by atoms with Crippen LogP contribution in [-0.4, -0.2) is 59.9 Å². The third-order valence-corrected chi connectivity index (χ3v) is 3.29. The molecule has 1 heterocycles. The molecule has 0 saturated carbocycles. The molecule has 2 amide bonds. The van der Waals surface area contributed by atoms with Crippen molar-refractivity contribution in [2.24, 2.45) is 0 Å². The molecule has 16 heavy (non-hydrogen) atoms. The van der Waals surface area contributed by atoms with Gasteiger partial charge in [-0.3, -0.25) is 4.90 Å². The fourth-order valence-electron chi connectivity index (χ4n) is 0.909. The first-order valence-electron chi connectivity index (χ1n) is 4.65. The van der Waals surface area contributed by atoms with Crippen LogP contribution >= 0.6 is 11.3 Å². The predicted molar refractivity (Wildman–Crippen MR) is 68.6 cm³/mol. The number of hydrogen-bond donors (Lipinski definition) is 1. The summed E-state index contributed by atoms with van der Waals surface area (Å²) in [5.41, 5.74) is -0.0283. The molecule has 86 valence electrons. The fourth-order valence-corrected chi connectivity index (χ4v) is 1.77. The molecule has 7 heteroatoms. The number of carbonyl (C=O) groups is 1. The van der Waals surface area contributed by atoms with E-state index in [9.17, 15) is 4.79 Å². The van der Waals surface area contributed by atoms with Crippen LogP contribution in [0.25, 0.3) is 0 Å². The molecule has 1 N–H and O–H groups in total. The van der Waals surface area contributed by atoms with Crippen LogP contribution in [0.4, 0.5) is 9.93 Å². The Morgan fingerprint density at radius 1 is 1.38 bits per heavy atom. The van der Waals surface area contributed by atoms with Gasteiger partial charge in [-0.15, -0.1) is 10.2 Å². The quantitative estimate of drug-likeness (QED) is 0.757. The van der Waals surface area contributed by atoms with Gasteiger partial charge in [-0.25, -0.2) is 4.79 Å². The third-order valence-electron chi connectivity index (χ3n) is 1.86. The molecule has 5 nitrogen and oxygen atoms in total. The second kappa shape index (κ2) is 5.95. The molecule has 1 rings (SSSR count). The monoisotopic (exact) mass is 252 g/mol. The average molecular weight is 252 g/mol. The molecule has 0 aliphatic rings. The molecule has 1 aromatic heterocycles. The Morgan fingerprint density at radius 3 is 2.31 bits per heavy atom. The van der Waals surface area contributed by atoms with E-state index in [1.165, 1.54) is 16.2 Å². The normalized spacial score (nSPS) is 10.6. The number of urea groups is 1. The molecular weight excluding hydrogens is 235 g/mol. The van der Waals surface area contributed by atoms with Gasteiger partial charge in [0, 0.05) is 19.5 Å². The van der Waals surface area contributed by atoms with E-state index in [0.717, 1.165) is 5.01 Å². The van der Waals surface area contributed by atoms with Crippen LogP contribution < -0.4 is 10.2 Å². The molecule has 0 aromatic carbocycles. The maximum atomic E-state index is 11.3. The van der Waals surface area contributed by atoms with Gasteiger partial charge >= 0.3 is 35.6 Å². The van der Waals surface area contributed by atoms with Crippen LogP contribution in [-0.2, 0) is 5.41 Å². The first kappa shape index (κ1) is 15.8. The van der Waals surface area contributed by atoms with Crippen molar-refractivity contribution in [3.8, 4) is 0 Å². The Morgan fingerprint density at radius 2 is 1.94 bits per heavy atom. The first-order chi connectivity index (χ1) is 6.86. The Balaban J connectivity index is 0.00000225. The first-order valence-corrected chi connectivity index (χ1v) is 5.47. The average Bonchev–Trinajstić information content (AvgIpc) is 2.63.